The molecule has 2 nitrogen and oxygen atoms in total. The zero-order valence-corrected chi connectivity index (χ0v) is 8.65. The van der Waals surface area contributed by atoms with Crippen LogP contribution in [0.15, 0.2) is 12.1 Å². The number of benzene rings is 1. The fourth-order valence-electron chi connectivity index (χ4n) is 1.69. The lowest BCUT2D eigenvalue weighted by Crippen LogP contribution is -2.22. The van der Waals surface area contributed by atoms with E-state index in [-0.39, 0.29) is 0 Å². The second-order valence-electron chi connectivity index (χ2n) is 3.51. The maximum Gasteiger partial charge on any atom is 0.0431 e. The molecule has 1 aromatic carbocycles. The van der Waals surface area contributed by atoms with Gasteiger partial charge in [-0.05, 0) is 37.5 Å². The van der Waals surface area contributed by atoms with E-state index in [4.69, 9.17) is 5.73 Å². The predicted octanol–water partition coefficient (Wildman–Crippen LogP) is 1.62. The number of aryl methyl sites for hydroxylation is 3. The third-order valence-electron chi connectivity index (χ3n) is 2.29. The minimum atomic E-state index is 0.534. The molecule has 0 atom stereocenters. The van der Waals surface area contributed by atoms with E-state index in [2.05, 4.69) is 38.2 Å². The molecule has 0 aliphatic carbocycles. The highest BCUT2D eigenvalue weighted by molar-refractivity contribution is 5.37. The van der Waals surface area contributed by atoms with Crippen LogP contribution in [0.1, 0.15) is 22.3 Å². The number of hydrogen-bond acceptors (Lipinski definition) is 2. The molecular weight excluding hydrogens is 160 g/mol. The van der Waals surface area contributed by atoms with Crippen LogP contribution in [0.25, 0.3) is 0 Å². The summed E-state index contributed by atoms with van der Waals surface area (Å²) in [6.45, 7) is 7.82. The Kier molecular flexibility index (Phi) is 3.46. The number of rotatable bonds is 3. The molecule has 0 aliphatic rings. The molecule has 0 saturated heterocycles. The molecule has 0 fully saturated rings. The van der Waals surface area contributed by atoms with Crippen LogP contribution in [-0.2, 0) is 6.54 Å². The van der Waals surface area contributed by atoms with Crippen LogP contribution in [0.2, 0.25) is 0 Å². The van der Waals surface area contributed by atoms with Crippen LogP contribution in [0.3, 0.4) is 0 Å². The molecule has 0 spiro atoms. The van der Waals surface area contributed by atoms with E-state index in [0.717, 1.165) is 6.54 Å². The fourth-order valence-corrected chi connectivity index (χ4v) is 1.69. The van der Waals surface area contributed by atoms with Gasteiger partial charge in [0.05, 0.1) is 0 Å². The van der Waals surface area contributed by atoms with Gasteiger partial charge in [-0.15, -0.1) is 0 Å². The summed E-state index contributed by atoms with van der Waals surface area (Å²) >= 11 is 0. The van der Waals surface area contributed by atoms with Gasteiger partial charge in [-0.1, -0.05) is 17.7 Å². The first-order valence-corrected chi connectivity index (χ1v) is 4.62. The Hall–Kier alpha value is -0.860. The monoisotopic (exact) mass is 178 g/mol. The summed E-state index contributed by atoms with van der Waals surface area (Å²) in [5.41, 5.74) is 10.8. The first-order chi connectivity index (χ1) is 6.15. The fraction of sp³-hybridized carbons (Fsp3) is 0.455. The number of nitrogens with one attached hydrogen (secondary N) is 1. The molecule has 72 valence electrons. The molecule has 2 heteroatoms. The van der Waals surface area contributed by atoms with Gasteiger partial charge in [0, 0.05) is 13.2 Å². The molecule has 0 aliphatic heterocycles. The molecule has 13 heavy (non-hydrogen) atoms. The Labute approximate surface area is 80.1 Å². The largest absolute Gasteiger partial charge is 0.318 e. The van der Waals surface area contributed by atoms with Crippen molar-refractivity contribution in [1.82, 2.24) is 5.32 Å². The highest BCUT2D eigenvalue weighted by Crippen LogP contribution is 2.15. The van der Waals surface area contributed by atoms with Crippen LogP contribution >= 0.6 is 0 Å². The Bertz CT molecular complexity index is 269. The standard InChI is InChI=1S/C11H18N2/c1-8-4-9(2)11(6-13-7-12)10(3)5-8/h4-5,13H,6-7,12H2,1-3H3. The molecule has 1 rings (SSSR count). The molecule has 0 amide bonds. The molecule has 0 radical (unpaired) electrons. The highest BCUT2D eigenvalue weighted by Gasteiger charge is 2.02. The van der Waals surface area contributed by atoms with Crippen LogP contribution in [0.5, 0.6) is 0 Å². The van der Waals surface area contributed by atoms with Crippen LogP contribution in [0, 0.1) is 20.8 Å². The molecule has 0 saturated carbocycles. The summed E-state index contributed by atoms with van der Waals surface area (Å²) in [5, 5.41) is 3.14. The molecule has 3 N–H and O–H groups in total. The molecule has 0 aromatic heterocycles. The Morgan fingerprint density at radius 3 is 2.15 bits per heavy atom. The Balaban J connectivity index is 2.92. The van der Waals surface area contributed by atoms with E-state index in [1.165, 1.54) is 22.3 Å². The quantitative estimate of drug-likeness (QED) is 0.690. The first-order valence-electron chi connectivity index (χ1n) is 4.62. The van der Waals surface area contributed by atoms with Crippen molar-refractivity contribution in [3.8, 4) is 0 Å². The summed E-state index contributed by atoms with van der Waals surface area (Å²) in [6, 6.07) is 4.42. The summed E-state index contributed by atoms with van der Waals surface area (Å²) in [7, 11) is 0. The van der Waals surface area contributed by atoms with Crippen molar-refractivity contribution in [2.45, 2.75) is 27.3 Å². The third kappa shape index (κ3) is 2.54. The van der Waals surface area contributed by atoms with E-state index in [1.807, 2.05) is 0 Å². The van der Waals surface area contributed by atoms with Gasteiger partial charge in [0.1, 0.15) is 0 Å². The normalized spacial score (nSPS) is 10.5. The number of nitrogens with two attached hydrogens (primary N) is 1. The van der Waals surface area contributed by atoms with Gasteiger partial charge in [-0.2, -0.15) is 0 Å². The predicted molar refractivity (Wildman–Crippen MR) is 56.5 cm³/mol. The van der Waals surface area contributed by atoms with Crippen molar-refractivity contribution in [2.24, 2.45) is 5.73 Å². The van der Waals surface area contributed by atoms with Gasteiger partial charge >= 0.3 is 0 Å². The molecule has 0 unspecified atom stereocenters. The van der Waals surface area contributed by atoms with Crippen molar-refractivity contribution in [1.29, 1.82) is 0 Å². The zero-order chi connectivity index (χ0) is 9.84. The lowest BCUT2D eigenvalue weighted by Gasteiger charge is -2.11. The van der Waals surface area contributed by atoms with E-state index < -0.39 is 0 Å². The lowest BCUT2D eigenvalue weighted by atomic mass is 10.00. The van der Waals surface area contributed by atoms with Crippen molar-refractivity contribution >= 4 is 0 Å². The average Bonchev–Trinajstić information content (AvgIpc) is 2.02. The van der Waals surface area contributed by atoms with Crippen LogP contribution < -0.4 is 11.1 Å². The van der Waals surface area contributed by atoms with E-state index >= 15 is 0 Å². The highest BCUT2D eigenvalue weighted by atomic mass is 14.9. The van der Waals surface area contributed by atoms with E-state index in [0.29, 0.717) is 6.67 Å². The van der Waals surface area contributed by atoms with Crippen LogP contribution in [-0.4, -0.2) is 6.67 Å². The van der Waals surface area contributed by atoms with Crippen molar-refractivity contribution in [3.05, 3.63) is 34.4 Å². The van der Waals surface area contributed by atoms with Crippen molar-refractivity contribution in [3.63, 3.8) is 0 Å². The third-order valence-corrected chi connectivity index (χ3v) is 2.29. The zero-order valence-electron chi connectivity index (χ0n) is 8.65. The summed E-state index contributed by atoms with van der Waals surface area (Å²) in [4.78, 5) is 0. The van der Waals surface area contributed by atoms with Gasteiger partial charge in [0.2, 0.25) is 0 Å². The molecule has 1 aromatic rings. The second kappa shape index (κ2) is 4.40. The average molecular weight is 178 g/mol. The smallest absolute Gasteiger partial charge is 0.0431 e. The van der Waals surface area contributed by atoms with Crippen molar-refractivity contribution < 1.29 is 0 Å². The SMILES string of the molecule is Cc1cc(C)c(CNCN)c(C)c1. The van der Waals surface area contributed by atoms with Crippen molar-refractivity contribution in [2.75, 3.05) is 6.67 Å². The van der Waals surface area contributed by atoms with Crippen LogP contribution in [0.4, 0.5) is 0 Å². The lowest BCUT2D eigenvalue weighted by molar-refractivity contribution is 0.703. The maximum absolute atomic E-state index is 5.40. The van der Waals surface area contributed by atoms with Gasteiger partial charge in [0.25, 0.3) is 0 Å². The van der Waals surface area contributed by atoms with E-state index in [1.54, 1.807) is 0 Å². The summed E-state index contributed by atoms with van der Waals surface area (Å²) in [6.07, 6.45) is 0. The van der Waals surface area contributed by atoms with E-state index in [9.17, 15) is 0 Å². The molecule has 0 heterocycles. The second-order valence-corrected chi connectivity index (χ2v) is 3.51. The minimum Gasteiger partial charge on any atom is -0.318 e. The van der Waals surface area contributed by atoms with Gasteiger partial charge in [-0.3, -0.25) is 0 Å². The molecule has 0 bridgehead atoms. The molecular formula is C11H18N2. The van der Waals surface area contributed by atoms with Gasteiger partial charge in [-0.25, -0.2) is 0 Å². The summed E-state index contributed by atoms with van der Waals surface area (Å²) in [5.74, 6) is 0. The Morgan fingerprint density at radius 2 is 1.69 bits per heavy atom. The first kappa shape index (κ1) is 10.2. The number of hydrogen-bond donors (Lipinski definition) is 2. The Morgan fingerprint density at radius 1 is 1.15 bits per heavy atom. The topological polar surface area (TPSA) is 38.0 Å². The minimum absolute atomic E-state index is 0.534. The maximum atomic E-state index is 5.40. The summed E-state index contributed by atoms with van der Waals surface area (Å²) < 4.78 is 0. The van der Waals surface area contributed by atoms with Gasteiger partial charge in [0.15, 0.2) is 0 Å². The van der Waals surface area contributed by atoms with Gasteiger partial charge < -0.3 is 11.1 Å².